The summed E-state index contributed by atoms with van der Waals surface area (Å²) in [6, 6.07) is 8.93. The molecule has 3 rings (SSSR count). The van der Waals surface area contributed by atoms with Gasteiger partial charge in [0.05, 0.1) is 11.1 Å². The summed E-state index contributed by atoms with van der Waals surface area (Å²) in [6.45, 7) is 3.94. The average molecular weight is 393 g/mol. The largest absolute Gasteiger partial charge is 0.405 e. The third-order valence-corrected chi connectivity index (χ3v) is 4.41. The number of pyridine rings is 1. The second kappa shape index (κ2) is 9.45. The lowest BCUT2D eigenvalue weighted by molar-refractivity contribution is -0.440. The van der Waals surface area contributed by atoms with Gasteiger partial charge in [-0.2, -0.15) is 9.67 Å². The zero-order chi connectivity index (χ0) is 20.6. The molecule has 0 aliphatic rings. The topological polar surface area (TPSA) is 121 Å². The Morgan fingerprint density at radius 1 is 1.10 bits per heavy atom. The molecule has 1 aromatic carbocycles. The van der Waals surface area contributed by atoms with Crippen molar-refractivity contribution in [2.45, 2.75) is 19.3 Å². The van der Waals surface area contributed by atoms with Gasteiger partial charge < -0.3 is 5.32 Å². The van der Waals surface area contributed by atoms with Gasteiger partial charge in [0.15, 0.2) is 18.2 Å². The van der Waals surface area contributed by atoms with Gasteiger partial charge in [0.2, 0.25) is 0 Å². The normalized spacial score (nSPS) is 10.6. The van der Waals surface area contributed by atoms with Crippen LogP contribution in [0.5, 0.6) is 0 Å². The Balaban J connectivity index is 1.43. The summed E-state index contributed by atoms with van der Waals surface area (Å²) >= 11 is 0. The van der Waals surface area contributed by atoms with Gasteiger partial charge in [-0.05, 0) is 18.6 Å². The van der Waals surface area contributed by atoms with Crippen LogP contribution in [0.2, 0.25) is 0 Å². The van der Waals surface area contributed by atoms with E-state index in [4.69, 9.17) is 0 Å². The van der Waals surface area contributed by atoms with Crippen LogP contribution in [0.15, 0.2) is 42.9 Å². The van der Waals surface area contributed by atoms with Crippen molar-refractivity contribution in [2.75, 3.05) is 13.1 Å². The minimum Gasteiger partial charge on any atom is -0.339 e. The number of aromatic amines is 1. The number of H-pyrrole nitrogens is 1. The second-order valence-electron chi connectivity index (χ2n) is 6.43. The number of fused-ring (bicyclic) bond motifs is 1. The Labute approximate surface area is 166 Å². The van der Waals surface area contributed by atoms with Crippen LogP contribution in [0, 0.1) is 0 Å². The molecule has 9 nitrogen and oxygen atoms in total. The number of nitrogens with zero attached hydrogens (tertiary/aromatic N) is 4. The summed E-state index contributed by atoms with van der Waals surface area (Å²) in [5.41, 5.74) is 1.18. The Morgan fingerprint density at radius 2 is 1.93 bits per heavy atom. The van der Waals surface area contributed by atoms with Gasteiger partial charge in [-0.1, -0.05) is 18.2 Å². The van der Waals surface area contributed by atoms with E-state index in [1.54, 1.807) is 12.3 Å². The minimum atomic E-state index is -0.344. The van der Waals surface area contributed by atoms with E-state index in [0.717, 1.165) is 5.39 Å². The highest BCUT2D eigenvalue weighted by atomic mass is 16.2. The van der Waals surface area contributed by atoms with Crippen molar-refractivity contribution >= 4 is 35.2 Å². The number of carbonyl (C=O) groups is 3. The van der Waals surface area contributed by atoms with Gasteiger partial charge >= 0.3 is 5.91 Å². The molecule has 0 spiro atoms. The standard InChI is InChI=1S/C20H20N6O3/c1-26(11-5-4-8-17(27)19-23-13-24-25-19)18(28)12-22-20(29)15-9-10-21-16-7-3-2-6-14(15)16/h2-3,6-7,9-10,13H,1,4-5,8,11-12H2,(H-,22,23,24,25,27,29)/p+1. The molecule has 0 saturated carbocycles. The van der Waals surface area contributed by atoms with Crippen LogP contribution in [-0.4, -0.2) is 62.1 Å². The Bertz CT molecular complexity index is 1040. The predicted molar refractivity (Wildman–Crippen MR) is 106 cm³/mol. The maximum absolute atomic E-state index is 12.5. The highest BCUT2D eigenvalue weighted by Crippen LogP contribution is 2.15. The summed E-state index contributed by atoms with van der Waals surface area (Å²) in [7, 11) is 0. The Kier molecular flexibility index (Phi) is 6.51. The Morgan fingerprint density at radius 3 is 2.72 bits per heavy atom. The molecule has 29 heavy (non-hydrogen) atoms. The van der Waals surface area contributed by atoms with Crippen LogP contribution < -0.4 is 5.32 Å². The van der Waals surface area contributed by atoms with Crippen LogP contribution in [0.25, 0.3) is 10.9 Å². The number of carbonyl (C=O) groups excluding carboxylic acids is 3. The molecule has 0 unspecified atom stereocenters. The number of hydrogen-bond acceptors (Lipinski definition) is 6. The van der Waals surface area contributed by atoms with E-state index in [1.165, 1.54) is 10.9 Å². The molecule has 2 N–H and O–H groups in total. The number of ketones is 1. The second-order valence-corrected chi connectivity index (χ2v) is 6.43. The zero-order valence-corrected chi connectivity index (χ0v) is 15.8. The zero-order valence-electron chi connectivity index (χ0n) is 15.8. The summed E-state index contributed by atoms with van der Waals surface area (Å²) in [5.74, 6) is -0.540. The molecule has 148 valence electrons. The first-order chi connectivity index (χ1) is 14.1. The van der Waals surface area contributed by atoms with Gasteiger partial charge in [-0.25, -0.2) is 9.78 Å². The molecule has 2 heterocycles. The third-order valence-electron chi connectivity index (χ3n) is 4.41. The maximum atomic E-state index is 12.5. The first-order valence-corrected chi connectivity index (χ1v) is 9.17. The van der Waals surface area contributed by atoms with Crippen LogP contribution in [0.3, 0.4) is 0 Å². The van der Waals surface area contributed by atoms with Gasteiger partial charge in [0.25, 0.3) is 5.91 Å². The summed E-state index contributed by atoms with van der Waals surface area (Å²) in [5, 5.41) is 9.52. The van der Waals surface area contributed by atoms with E-state index in [1.807, 2.05) is 24.3 Å². The van der Waals surface area contributed by atoms with Crippen molar-refractivity contribution in [3.63, 3.8) is 0 Å². The number of unbranched alkanes of at least 4 members (excludes halogenated alkanes) is 1. The van der Waals surface area contributed by atoms with Crippen LogP contribution in [0.4, 0.5) is 0 Å². The number of nitrogens with one attached hydrogen (secondary N) is 2. The Hall–Kier alpha value is -3.75. The fourth-order valence-corrected chi connectivity index (χ4v) is 2.83. The molecule has 2 aromatic heterocycles. The van der Waals surface area contributed by atoms with E-state index in [-0.39, 0.29) is 30.0 Å². The van der Waals surface area contributed by atoms with Crippen molar-refractivity contribution in [1.82, 2.24) is 25.5 Å². The number of benzene rings is 1. The van der Waals surface area contributed by atoms with Crippen molar-refractivity contribution in [1.29, 1.82) is 0 Å². The minimum absolute atomic E-state index is 0.124. The molecule has 0 fully saturated rings. The number of hydrogen-bond donors (Lipinski definition) is 2. The van der Waals surface area contributed by atoms with Crippen molar-refractivity contribution in [2.24, 2.45) is 0 Å². The summed E-state index contributed by atoms with van der Waals surface area (Å²) in [4.78, 5) is 44.5. The summed E-state index contributed by atoms with van der Waals surface area (Å²) < 4.78 is 1.30. The van der Waals surface area contributed by atoms with E-state index >= 15 is 0 Å². The van der Waals surface area contributed by atoms with E-state index < -0.39 is 0 Å². The van der Waals surface area contributed by atoms with Crippen LogP contribution >= 0.6 is 0 Å². The highest BCUT2D eigenvalue weighted by Gasteiger charge is 2.18. The predicted octanol–water partition coefficient (Wildman–Crippen LogP) is 1.38. The van der Waals surface area contributed by atoms with Gasteiger partial charge in [0, 0.05) is 24.4 Å². The van der Waals surface area contributed by atoms with Crippen molar-refractivity contribution < 1.29 is 19.0 Å². The van der Waals surface area contributed by atoms with E-state index in [9.17, 15) is 14.4 Å². The molecule has 3 aromatic rings. The molecule has 9 heteroatoms. The van der Waals surface area contributed by atoms with E-state index in [0.29, 0.717) is 36.9 Å². The monoisotopic (exact) mass is 393 g/mol. The first-order valence-electron chi connectivity index (χ1n) is 9.17. The van der Waals surface area contributed by atoms with Crippen molar-refractivity contribution in [3.8, 4) is 0 Å². The first kappa shape index (κ1) is 20.0. The molecular formula is C20H21N6O3+. The molecule has 0 saturated heterocycles. The number of Topliss-reactive ketones (excluding diaryl/α,β-unsaturated/α-hetero) is 1. The van der Waals surface area contributed by atoms with Gasteiger partial charge in [-0.15, -0.1) is 0 Å². The van der Waals surface area contributed by atoms with Gasteiger partial charge in [0.1, 0.15) is 19.6 Å². The molecule has 2 amide bonds. The smallest absolute Gasteiger partial charge is 0.339 e. The van der Waals surface area contributed by atoms with Crippen LogP contribution in [0.1, 0.15) is 40.2 Å². The molecule has 0 aliphatic heterocycles. The third kappa shape index (κ3) is 5.16. The lowest BCUT2D eigenvalue weighted by atomic mass is 10.1. The quantitative estimate of drug-likeness (QED) is 0.245. The highest BCUT2D eigenvalue weighted by molar-refractivity contribution is 6.06. The molecule has 0 aliphatic carbocycles. The lowest BCUT2D eigenvalue weighted by Gasteiger charge is -2.06. The fourth-order valence-electron chi connectivity index (χ4n) is 2.83. The average Bonchev–Trinajstić information content (AvgIpc) is 3.29. The van der Waals surface area contributed by atoms with Gasteiger partial charge in [-0.3, -0.25) is 19.7 Å². The summed E-state index contributed by atoms with van der Waals surface area (Å²) in [6.07, 6.45) is 4.36. The van der Waals surface area contributed by atoms with Crippen LogP contribution in [-0.2, 0) is 4.79 Å². The van der Waals surface area contributed by atoms with E-state index in [2.05, 4.69) is 32.2 Å². The SMILES string of the molecule is C=[N+](CCCCC(=O)c1ncn[nH]1)C(=O)CNC(=O)c1ccnc2ccccc12. The number of aromatic nitrogens is 4. The number of para-hydroxylation sites is 1. The fraction of sp³-hybridized carbons (Fsp3) is 0.250. The molecule has 0 bridgehead atoms. The molecule has 0 atom stereocenters. The maximum Gasteiger partial charge on any atom is 0.405 e. The molecular weight excluding hydrogens is 372 g/mol. The number of rotatable bonds is 9. The number of amides is 2. The lowest BCUT2D eigenvalue weighted by Crippen LogP contribution is -2.35. The molecule has 0 radical (unpaired) electrons. The van der Waals surface area contributed by atoms with Crippen molar-refractivity contribution in [3.05, 3.63) is 54.2 Å².